The molecule has 1 unspecified atom stereocenters. The Morgan fingerprint density at radius 1 is 1.27 bits per heavy atom. The van der Waals surface area contributed by atoms with Crippen LogP contribution < -0.4 is 0 Å². The molecule has 1 saturated heterocycles. The van der Waals surface area contributed by atoms with Crippen LogP contribution in [0.25, 0.3) is 10.8 Å². The van der Waals surface area contributed by atoms with E-state index in [9.17, 15) is 9.59 Å². The molecule has 0 spiro atoms. The van der Waals surface area contributed by atoms with E-state index in [1.165, 1.54) is 7.11 Å². The minimum absolute atomic E-state index is 0.0387. The third-order valence-electron chi connectivity index (χ3n) is 3.96. The van der Waals surface area contributed by atoms with Gasteiger partial charge in [-0.25, -0.2) is 0 Å². The number of carbonyl (C=O) groups is 2. The molecule has 5 heteroatoms. The molecule has 0 aliphatic carbocycles. The van der Waals surface area contributed by atoms with Gasteiger partial charge in [-0.3, -0.25) is 9.59 Å². The van der Waals surface area contributed by atoms with Crippen molar-refractivity contribution in [1.29, 1.82) is 0 Å². The molecule has 2 aromatic carbocycles. The highest BCUT2D eigenvalue weighted by Crippen LogP contribution is 2.36. The number of ketones is 1. The van der Waals surface area contributed by atoms with Crippen molar-refractivity contribution in [2.24, 2.45) is 5.92 Å². The molecule has 0 aromatic heterocycles. The molecule has 0 bridgehead atoms. The average molecular weight is 319 g/mol. The van der Waals surface area contributed by atoms with Crippen LogP contribution >= 0.6 is 11.6 Å². The number of methoxy groups -OCH3 is 1. The molecular formula is C17H15ClO4. The number of halogens is 1. The monoisotopic (exact) mass is 318 g/mol. The normalized spacial score (nSPS) is 21.8. The average Bonchev–Trinajstić information content (AvgIpc) is 2.54. The Morgan fingerprint density at radius 2 is 2.00 bits per heavy atom. The summed E-state index contributed by atoms with van der Waals surface area (Å²) in [5.41, 5.74) is 0.875. The van der Waals surface area contributed by atoms with Crippen LogP contribution in [0.15, 0.2) is 36.4 Å². The summed E-state index contributed by atoms with van der Waals surface area (Å²) < 4.78 is 10.4. The van der Waals surface area contributed by atoms with E-state index < -0.39 is 18.0 Å². The SMILES string of the molecule is COC(=O)[C@@H]1COC(c2cccc3cccc(Cl)c23)CC1=O. The van der Waals surface area contributed by atoms with Gasteiger partial charge in [-0.15, -0.1) is 0 Å². The Kier molecular flexibility index (Phi) is 4.14. The van der Waals surface area contributed by atoms with E-state index in [1.54, 1.807) is 0 Å². The molecule has 22 heavy (non-hydrogen) atoms. The second-order valence-electron chi connectivity index (χ2n) is 5.25. The zero-order chi connectivity index (χ0) is 15.7. The molecule has 1 aliphatic heterocycles. The second-order valence-corrected chi connectivity index (χ2v) is 5.66. The molecule has 1 heterocycles. The molecule has 1 fully saturated rings. The summed E-state index contributed by atoms with van der Waals surface area (Å²) in [6.07, 6.45) is -0.249. The lowest BCUT2D eigenvalue weighted by molar-refractivity contribution is -0.158. The quantitative estimate of drug-likeness (QED) is 0.629. The Labute approximate surface area is 133 Å². The molecule has 0 N–H and O–H groups in total. The molecule has 2 atom stereocenters. The van der Waals surface area contributed by atoms with Crippen LogP contribution in [-0.2, 0) is 19.1 Å². The zero-order valence-corrected chi connectivity index (χ0v) is 12.8. The third-order valence-corrected chi connectivity index (χ3v) is 4.27. The Bertz CT molecular complexity index is 735. The van der Waals surface area contributed by atoms with E-state index >= 15 is 0 Å². The van der Waals surface area contributed by atoms with Gasteiger partial charge in [0, 0.05) is 16.8 Å². The smallest absolute Gasteiger partial charge is 0.318 e. The molecular weight excluding hydrogens is 304 g/mol. The van der Waals surface area contributed by atoms with E-state index in [0.717, 1.165) is 16.3 Å². The summed E-state index contributed by atoms with van der Waals surface area (Å²) in [6, 6.07) is 11.4. The van der Waals surface area contributed by atoms with Crippen LogP contribution in [-0.4, -0.2) is 25.5 Å². The summed E-state index contributed by atoms with van der Waals surface area (Å²) in [4.78, 5) is 23.7. The van der Waals surface area contributed by atoms with Crippen LogP contribution in [0.2, 0.25) is 5.02 Å². The molecule has 114 valence electrons. The number of fused-ring (bicyclic) bond motifs is 1. The summed E-state index contributed by atoms with van der Waals surface area (Å²) in [5, 5.41) is 2.51. The predicted molar refractivity (Wildman–Crippen MR) is 82.8 cm³/mol. The zero-order valence-electron chi connectivity index (χ0n) is 12.0. The van der Waals surface area contributed by atoms with Crippen molar-refractivity contribution in [2.45, 2.75) is 12.5 Å². The molecule has 2 aromatic rings. The van der Waals surface area contributed by atoms with Crippen molar-refractivity contribution in [3.05, 3.63) is 47.0 Å². The van der Waals surface area contributed by atoms with E-state index in [1.807, 2.05) is 36.4 Å². The maximum Gasteiger partial charge on any atom is 0.318 e. The first-order valence-corrected chi connectivity index (χ1v) is 7.39. The predicted octanol–water partition coefficient (Wildman–Crippen LogP) is 3.31. The summed E-state index contributed by atoms with van der Waals surface area (Å²) in [6.45, 7) is 0.0387. The number of esters is 1. The van der Waals surface area contributed by atoms with Crippen LogP contribution in [0.5, 0.6) is 0 Å². The van der Waals surface area contributed by atoms with Crippen LogP contribution in [0.3, 0.4) is 0 Å². The fourth-order valence-corrected chi connectivity index (χ4v) is 3.11. The van der Waals surface area contributed by atoms with Crippen molar-refractivity contribution >= 4 is 34.1 Å². The van der Waals surface area contributed by atoms with E-state index in [2.05, 4.69) is 4.74 Å². The maximum absolute atomic E-state index is 12.2. The fourth-order valence-electron chi connectivity index (χ4n) is 2.82. The van der Waals surface area contributed by atoms with Gasteiger partial charge in [-0.1, -0.05) is 41.9 Å². The Morgan fingerprint density at radius 3 is 2.68 bits per heavy atom. The lowest BCUT2D eigenvalue weighted by Gasteiger charge is -2.27. The van der Waals surface area contributed by atoms with Gasteiger partial charge in [0.05, 0.1) is 19.8 Å². The number of hydrogen-bond acceptors (Lipinski definition) is 4. The van der Waals surface area contributed by atoms with Crippen molar-refractivity contribution in [3.63, 3.8) is 0 Å². The fraction of sp³-hybridized carbons (Fsp3) is 0.294. The summed E-state index contributed by atoms with van der Waals surface area (Å²) >= 11 is 6.30. The van der Waals surface area contributed by atoms with Gasteiger partial charge in [-0.05, 0) is 17.0 Å². The maximum atomic E-state index is 12.2. The number of ether oxygens (including phenoxy) is 2. The largest absolute Gasteiger partial charge is 0.468 e. The minimum Gasteiger partial charge on any atom is -0.468 e. The molecule has 3 rings (SSSR count). The van der Waals surface area contributed by atoms with E-state index in [0.29, 0.717) is 5.02 Å². The van der Waals surface area contributed by atoms with Crippen LogP contribution in [0.4, 0.5) is 0 Å². The lowest BCUT2D eigenvalue weighted by Crippen LogP contribution is -2.36. The standard InChI is InChI=1S/C17H15ClO4/c1-21-17(20)12-9-22-15(8-14(12)19)11-6-2-4-10-5-3-7-13(18)16(10)11/h2-7,12,15H,8-9H2,1H3/t12-,15?/m1/s1. The summed E-state index contributed by atoms with van der Waals surface area (Å²) in [5.74, 6) is -1.53. The number of hydrogen-bond donors (Lipinski definition) is 0. The number of rotatable bonds is 2. The highest BCUT2D eigenvalue weighted by Gasteiger charge is 2.36. The molecule has 1 aliphatic rings. The van der Waals surface area contributed by atoms with Crippen molar-refractivity contribution in [3.8, 4) is 0 Å². The van der Waals surface area contributed by atoms with Crippen molar-refractivity contribution in [2.75, 3.05) is 13.7 Å². The van der Waals surface area contributed by atoms with Gasteiger partial charge in [0.25, 0.3) is 0 Å². The second kappa shape index (κ2) is 6.07. The Balaban J connectivity index is 1.94. The highest BCUT2D eigenvalue weighted by molar-refractivity contribution is 6.35. The van der Waals surface area contributed by atoms with E-state index in [-0.39, 0.29) is 18.8 Å². The van der Waals surface area contributed by atoms with Gasteiger partial charge in [0.1, 0.15) is 5.92 Å². The Hall–Kier alpha value is -1.91. The van der Waals surface area contributed by atoms with Gasteiger partial charge in [0.15, 0.2) is 5.78 Å². The van der Waals surface area contributed by atoms with Crippen LogP contribution in [0.1, 0.15) is 18.1 Å². The lowest BCUT2D eigenvalue weighted by atomic mass is 9.91. The third kappa shape index (κ3) is 2.60. The first kappa shape index (κ1) is 15.0. The molecule has 0 amide bonds. The van der Waals surface area contributed by atoms with Crippen molar-refractivity contribution < 1.29 is 19.1 Å². The van der Waals surface area contributed by atoms with Crippen molar-refractivity contribution in [1.82, 2.24) is 0 Å². The molecule has 0 radical (unpaired) electrons. The number of Topliss-reactive ketones (excluding diaryl/α,β-unsaturated/α-hetero) is 1. The summed E-state index contributed by atoms with van der Waals surface area (Å²) in [7, 11) is 1.27. The van der Waals surface area contributed by atoms with Crippen LogP contribution in [0, 0.1) is 5.92 Å². The highest BCUT2D eigenvalue weighted by atomic mass is 35.5. The van der Waals surface area contributed by atoms with Gasteiger partial charge in [0.2, 0.25) is 0 Å². The van der Waals surface area contributed by atoms with E-state index in [4.69, 9.17) is 16.3 Å². The first-order chi connectivity index (χ1) is 10.6. The first-order valence-electron chi connectivity index (χ1n) is 7.01. The molecule has 4 nitrogen and oxygen atoms in total. The topological polar surface area (TPSA) is 52.6 Å². The van der Waals surface area contributed by atoms with Gasteiger partial charge in [-0.2, -0.15) is 0 Å². The van der Waals surface area contributed by atoms with Gasteiger partial charge < -0.3 is 9.47 Å². The number of benzene rings is 2. The van der Waals surface area contributed by atoms with Gasteiger partial charge >= 0.3 is 5.97 Å². The molecule has 0 saturated carbocycles. The minimum atomic E-state index is -0.827. The number of carbonyl (C=O) groups excluding carboxylic acids is 2.